The molecule has 98 valence electrons. The van der Waals surface area contributed by atoms with Crippen molar-refractivity contribution in [2.24, 2.45) is 0 Å². The fraction of sp³-hybridized carbons (Fsp3) is 0.467. The van der Waals surface area contributed by atoms with Gasteiger partial charge in [0.25, 0.3) is 0 Å². The summed E-state index contributed by atoms with van der Waals surface area (Å²) in [5.41, 5.74) is 0.677. The number of rotatable bonds is 6. The summed E-state index contributed by atoms with van der Waals surface area (Å²) in [5.74, 6) is -0.00488. The largest absolute Gasteiger partial charge is 0.333 e. The summed E-state index contributed by atoms with van der Waals surface area (Å²) in [5, 5.41) is 0. The number of carbonyl (C=O) groups excluding carboxylic acids is 2. The smallest absolute Gasteiger partial charge is 0.220 e. The predicted molar refractivity (Wildman–Crippen MR) is 72.5 cm³/mol. The maximum atomic E-state index is 12.4. The molecule has 1 rings (SSSR count). The van der Waals surface area contributed by atoms with Gasteiger partial charge in [0.15, 0.2) is 5.78 Å². The van der Waals surface area contributed by atoms with Crippen molar-refractivity contribution in [3.8, 4) is 0 Å². The Balaban J connectivity index is 2.97. The molecule has 0 bridgehead atoms. The van der Waals surface area contributed by atoms with Gasteiger partial charge in [-0.3, -0.25) is 9.59 Å². The van der Waals surface area contributed by atoms with Crippen LogP contribution < -0.4 is 0 Å². The summed E-state index contributed by atoms with van der Waals surface area (Å²) in [6.07, 6.45) is 1.59. The number of Topliss-reactive ketones (excluding diaryl/α,β-unsaturated/α-hetero) is 1. The van der Waals surface area contributed by atoms with Crippen molar-refractivity contribution in [1.29, 1.82) is 0 Å². The highest BCUT2D eigenvalue weighted by atomic mass is 16.2. The highest BCUT2D eigenvalue weighted by Crippen LogP contribution is 2.14. The Kier molecular flexibility index (Phi) is 5.56. The van der Waals surface area contributed by atoms with E-state index in [-0.39, 0.29) is 17.7 Å². The summed E-state index contributed by atoms with van der Waals surface area (Å²) in [7, 11) is 0. The lowest BCUT2D eigenvalue weighted by atomic mass is 9.99. The quantitative estimate of drug-likeness (QED) is 0.725. The van der Waals surface area contributed by atoms with Crippen LogP contribution in [0.15, 0.2) is 30.3 Å². The summed E-state index contributed by atoms with van der Waals surface area (Å²) >= 11 is 0. The van der Waals surface area contributed by atoms with Crippen molar-refractivity contribution < 1.29 is 9.59 Å². The van der Waals surface area contributed by atoms with E-state index in [9.17, 15) is 9.59 Å². The van der Waals surface area contributed by atoms with Gasteiger partial charge < -0.3 is 4.90 Å². The molecule has 0 aliphatic carbocycles. The zero-order valence-electron chi connectivity index (χ0n) is 11.3. The molecular formula is C15H21NO2. The Bertz CT molecular complexity index is 400. The third-order valence-corrected chi connectivity index (χ3v) is 3.04. The number of amides is 1. The lowest BCUT2D eigenvalue weighted by Crippen LogP contribution is -2.43. The first-order valence-corrected chi connectivity index (χ1v) is 6.48. The van der Waals surface area contributed by atoms with Gasteiger partial charge in [-0.15, -0.1) is 0 Å². The minimum absolute atomic E-state index is 0.0366. The van der Waals surface area contributed by atoms with E-state index >= 15 is 0 Å². The SMILES string of the molecule is CCCC(C(=O)c1ccccc1)N(CC)C(C)=O. The van der Waals surface area contributed by atoms with Crippen molar-refractivity contribution in [3.05, 3.63) is 35.9 Å². The number of carbonyl (C=O) groups is 2. The standard InChI is InChI=1S/C15H21NO2/c1-4-9-14(16(5-2)12(3)17)15(18)13-10-7-6-8-11-13/h6-8,10-11,14H,4-5,9H2,1-3H3. The van der Waals surface area contributed by atoms with E-state index in [1.54, 1.807) is 17.0 Å². The normalized spacial score (nSPS) is 11.9. The number of likely N-dealkylation sites (N-methyl/N-ethyl adjacent to an activating group) is 1. The van der Waals surface area contributed by atoms with Crippen molar-refractivity contribution in [2.75, 3.05) is 6.54 Å². The van der Waals surface area contributed by atoms with E-state index in [0.717, 1.165) is 6.42 Å². The van der Waals surface area contributed by atoms with Crippen LogP contribution in [0.25, 0.3) is 0 Å². The van der Waals surface area contributed by atoms with Gasteiger partial charge in [0.2, 0.25) is 5.91 Å². The Hall–Kier alpha value is -1.64. The molecule has 0 aliphatic heterocycles. The molecule has 0 saturated heterocycles. The second-order valence-electron chi connectivity index (χ2n) is 4.34. The lowest BCUT2D eigenvalue weighted by molar-refractivity contribution is -0.130. The summed E-state index contributed by atoms with van der Waals surface area (Å²) < 4.78 is 0. The van der Waals surface area contributed by atoms with Crippen molar-refractivity contribution >= 4 is 11.7 Å². The van der Waals surface area contributed by atoms with Crippen molar-refractivity contribution in [1.82, 2.24) is 4.90 Å². The Morgan fingerprint density at radius 1 is 1.17 bits per heavy atom. The first kappa shape index (κ1) is 14.4. The molecular weight excluding hydrogens is 226 g/mol. The summed E-state index contributed by atoms with van der Waals surface area (Å²) in [6.45, 7) is 6.02. The molecule has 0 radical (unpaired) electrons. The molecule has 1 aromatic carbocycles. The third kappa shape index (κ3) is 3.42. The van der Waals surface area contributed by atoms with E-state index in [2.05, 4.69) is 0 Å². The highest BCUT2D eigenvalue weighted by Gasteiger charge is 2.26. The van der Waals surface area contributed by atoms with Crippen LogP contribution in [-0.4, -0.2) is 29.2 Å². The average molecular weight is 247 g/mol. The van der Waals surface area contributed by atoms with Gasteiger partial charge >= 0.3 is 0 Å². The van der Waals surface area contributed by atoms with Gasteiger partial charge in [0.05, 0.1) is 6.04 Å². The number of hydrogen-bond acceptors (Lipinski definition) is 2. The van der Waals surface area contributed by atoms with E-state index in [1.165, 1.54) is 6.92 Å². The molecule has 1 amide bonds. The molecule has 3 nitrogen and oxygen atoms in total. The van der Waals surface area contributed by atoms with Crippen molar-refractivity contribution in [3.63, 3.8) is 0 Å². The van der Waals surface area contributed by atoms with Crippen LogP contribution in [0.4, 0.5) is 0 Å². The van der Waals surface area contributed by atoms with E-state index < -0.39 is 0 Å². The number of hydrogen-bond donors (Lipinski definition) is 0. The van der Waals surface area contributed by atoms with Gasteiger partial charge in [-0.1, -0.05) is 43.7 Å². The first-order valence-electron chi connectivity index (χ1n) is 6.48. The van der Waals surface area contributed by atoms with Gasteiger partial charge in [-0.05, 0) is 13.3 Å². The minimum atomic E-state index is -0.333. The van der Waals surface area contributed by atoms with Crippen LogP contribution in [0, 0.1) is 0 Å². The van der Waals surface area contributed by atoms with Gasteiger partial charge in [0, 0.05) is 19.0 Å². The fourth-order valence-corrected chi connectivity index (χ4v) is 2.16. The molecule has 1 atom stereocenters. The molecule has 1 unspecified atom stereocenters. The topological polar surface area (TPSA) is 37.4 Å². The fourth-order valence-electron chi connectivity index (χ4n) is 2.16. The van der Waals surface area contributed by atoms with Crippen LogP contribution in [-0.2, 0) is 4.79 Å². The van der Waals surface area contributed by atoms with E-state index in [1.807, 2.05) is 32.0 Å². The first-order chi connectivity index (χ1) is 8.61. The van der Waals surface area contributed by atoms with Crippen LogP contribution >= 0.6 is 0 Å². The van der Waals surface area contributed by atoms with Gasteiger partial charge in [-0.2, -0.15) is 0 Å². The molecule has 0 saturated carbocycles. The number of nitrogens with zero attached hydrogens (tertiary/aromatic N) is 1. The number of ketones is 1. The molecule has 0 spiro atoms. The molecule has 1 aromatic rings. The van der Waals surface area contributed by atoms with Crippen LogP contribution in [0.5, 0.6) is 0 Å². The zero-order chi connectivity index (χ0) is 13.5. The Morgan fingerprint density at radius 2 is 1.78 bits per heavy atom. The Labute approximate surface area is 109 Å². The second kappa shape index (κ2) is 6.94. The molecule has 0 heterocycles. The third-order valence-electron chi connectivity index (χ3n) is 3.04. The maximum Gasteiger partial charge on any atom is 0.220 e. The number of benzene rings is 1. The van der Waals surface area contributed by atoms with Gasteiger partial charge in [0.1, 0.15) is 0 Å². The summed E-state index contributed by atoms with van der Waals surface area (Å²) in [6, 6.07) is 8.85. The van der Waals surface area contributed by atoms with Crippen LogP contribution in [0.3, 0.4) is 0 Å². The lowest BCUT2D eigenvalue weighted by Gasteiger charge is -2.28. The molecule has 0 fully saturated rings. The van der Waals surface area contributed by atoms with Crippen LogP contribution in [0.1, 0.15) is 44.0 Å². The average Bonchev–Trinajstić information content (AvgIpc) is 2.38. The Morgan fingerprint density at radius 3 is 2.22 bits per heavy atom. The van der Waals surface area contributed by atoms with E-state index in [0.29, 0.717) is 18.5 Å². The molecule has 3 heteroatoms. The van der Waals surface area contributed by atoms with Crippen molar-refractivity contribution in [2.45, 2.75) is 39.7 Å². The van der Waals surface area contributed by atoms with E-state index in [4.69, 9.17) is 0 Å². The van der Waals surface area contributed by atoms with Gasteiger partial charge in [-0.25, -0.2) is 0 Å². The maximum absolute atomic E-state index is 12.4. The molecule has 0 N–H and O–H groups in total. The zero-order valence-corrected chi connectivity index (χ0v) is 11.3. The van der Waals surface area contributed by atoms with Crippen LogP contribution in [0.2, 0.25) is 0 Å². The predicted octanol–water partition coefficient (Wildman–Crippen LogP) is 2.91. The monoisotopic (exact) mass is 247 g/mol. The minimum Gasteiger partial charge on any atom is -0.333 e. The molecule has 0 aliphatic rings. The highest BCUT2D eigenvalue weighted by molar-refractivity contribution is 6.01. The summed E-state index contributed by atoms with van der Waals surface area (Å²) in [4.78, 5) is 25.7. The molecule has 0 aromatic heterocycles. The second-order valence-corrected chi connectivity index (χ2v) is 4.34. The molecule has 18 heavy (non-hydrogen) atoms.